The Kier molecular flexibility index (Phi) is 6.02. The number of rotatable bonds is 8. The first-order chi connectivity index (χ1) is 13.1. The molecule has 2 aromatic rings. The van der Waals surface area contributed by atoms with Gasteiger partial charge in [-0.1, -0.05) is 12.1 Å². The maximum absolute atomic E-state index is 12.4. The molecular formula is C18H20N4O4S. The van der Waals surface area contributed by atoms with E-state index >= 15 is 0 Å². The van der Waals surface area contributed by atoms with Gasteiger partial charge in [0, 0.05) is 24.5 Å². The highest BCUT2D eigenvalue weighted by Crippen LogP contribution is 2.16. The third kappa shape index (κ3) is 4.82. The van der Waals surface area contributed by atoms with Crippen LogP contribution in [0.25, 0.3) is 0 Å². The third-order valence-electron chi connectivity index (χ3n) is 4.23. The SMILES string of the molecule is COc1ccc(CCN2C(=O)N[C@@H](CCC(=O)Nc3nccs3)C2=O)cc1. The lowest BCUT2D eigenvalue weighted by atomic mass is 10.1. The monoisotopic (exact) mass is 388 g/mol. The number of methoxy groups -OCH3 is 1. The molecule has 1 aliphatic rings. The van der Waals surface area contributed by atoms with Crippen LogP contribution < -0.4 is 15.4 Å². The zero-order valence-corrected chi connectivity index (χ0v) is 15.6. The number of thiazole rings is 1. The van der Waals surface area contributed by atoms with Crippen molar-refractivity contribution in [3.8, 4) is 5.75 Å². The molecule has 8 nitrogen and oxygen atoms in total. The van der Waals surface area contributed by atoms with Gasteiger partial charge in [0.1, 0.15) is 11.8 Å². The van der Waals surface area contributed by atoms with Crippen LogP contribution in [0.5, 0.6) is 5.75 Å². The van der Waals surface area contributed by atoms with Crippen LogP contribution in [0.2, 0.25) is 0 Å². The van der Waals surface area contributed by atoms with Gasteiger partial charge in [-0.05, 0) is 30.5 Å². The fourth-order valence-electron chi connectivity index (χ4n) is 2.76. The summed E-state index contributed by atoms with van der Waals surface area (Å²) in [6.07, 6.45) is 2.53. The van der Waals surface area contributed by atoms with Crippen molar-refractivity contribution in [1.29, 1.82) is 0 Å². The first kappa shape index (κ1) is 18.8. The molecule has 0 aliphatic carbocycles. The Bertz CT molecular complexity index is 807. The molecule has 1 fully saturated rings. The minimum Gasteiger partial charge on any atom is -0.497 e. The van der Waals surface area contributed by atoms with E-state index in [1.807, 2.05) is 24.3 Å². The van der Waals surface area contributed by atoms with Gasteiger partial charge in [0.25, 0.3) is 5.91 Å². The van der Waals surface area contributed by atoms with E-state index in [1.54, 1.807) is 18.7 Å². The van der Waals surface area contributed by atoms with Crippen molar-refractivity contribution in [2.24, 2.45) is 0 Å². The summed E-state index contributed by atoms with van der Waals surface area (Å²) in [7, 11) is 1.60. The number of amides is 4. The maximum atomic E-state index is 12.4. The molecular weight excluding hydrogens is 368 g/mol. The van der Waals surface area contributed by atoms with E-state index < -0.39 is 12.1 Å². The molecule has 0 saturated carbocycles. The number of carbonyl (C=O) groups is 3. The first-order valence-electron chi connectivity index (χ1n) is 8.51. The van der Waals surface area contributed by atoms with E-state index in [1.165, 1.54) is 16.2 Å². The van der Waals surface area contributed by atoms with Gasteiger partial charge in [0.05, 0.1) is 7.11 Å². The number of urea groups is 1. The molecule has 2 heterocycles. The average molecular weight is 388 g/mol. The number of carbonyl (C=O) groups excluding carboxylic acids is 3. The number of hydrogen-bond acceptors (Lipinski definition) is 6. The van der Waals surface area contributed by atoms with Crippen molar-refractivity contribution in [1.82, 2.24) is 15.2 Å². The van der Waals surface area contributed by atoms with E-state index in [-0.39, 0.29) is 24.7 Å². The molecule has 0 bridgehead atoms. The van der Waals surface area contributed by atoms with E-state index in [9.17, 15) is 14.4 Å². The Morgan fingerprint density at radius 2 is 2.11 bits per heavy atom. The molecule has 1 saturated heterocycles. The van der Waals surface area contributed by atoms with Crippen LogP contribution in [0.4, 0.5) is 9.93 Å². The topological polar surface area (TPSA) is 101 Å². The molecule has 0 unspecified atom stereocenters. The molecule has 1 aromatic heterocycles. The number of nitrogens with one attached hydrogen (secondary N) is 2. The lowest BCUT2D eigenvalue weighted by Gasteiger charge is -2.13. The fraction of sp³-hybridized carbons (Fsp3) is 0.333. The molecule has 142 valence electrons. The molecule has 9 heteroatoms. The largest absolute Gasteiger partial charge is 0.497 e. The molecule has 0 spiro atoms. The summed E-state index contributed by atoms with van der Waals surface area (Å²) in [6.45, 7) is 0.290. The molecule has 1 aromatic carbocycles. The van der Waals surface area contributed by atoms with Crippen LogP contribution in [0.3, 0.4) is 0 Å². The van der Waals surface area contributed by atoms with Crippen molar-refractivity contribution >= 4 is 34.3 Å². The zero-order valence-electron chi connectivity index (χ0n) is 14.8. The van der Waals surface area contributed by atoms with Crippen molar-refractivity contribution in [2.75, 3.05) is 19.0 Å². The van der Waals surface area contributed by atoms with Gasteiger partial charge in [-0.25, -0.2) is 9.78 Å². The molecule has 4 amide bonds. The number of benzene rings is 1. The van der Waals surface area contributed by atoms with Crippen molar-refractivity contribution in [3.63, 3.8) is 0 Å². The van der Waals surface area contributed by atoms with Crippen molar-refractivity contribution in [3.05, 3.63) is 41.4 Å². The molecule has 27 heavy (non-hydrogen) atoms. The maximum Gasteiger partial charge on any atom is 0.324 e. The van der Waals surface area contributed by atoms with Gasteiger partial charge in [0.15, 0.2) is 5.13 Å². The lowest BCUT2D eigenvalue weighted by Crippen LogP contribution is -2.33. The highest BCUT2D eigenvalue weighted by molar-refractivity contribution is 7.13. The second-order valence-electron chi connectivity index (χ2n) is 6.01. The second kappa shape index (κ2) is 8.63. The first-order valence-corrected chi connectivity index (χ1v) is 9.39. The van der Waals surface area contributed by atoms with Crippen LogP contribution in [-0.4, -0.2) is 47.4 Å². The summed E-state index contributed by atoms with van der Waals surface area (Å²) in [5, 5.41) is 7.58. The quantitative estimate of drug-likeness (QED) is 0.674. The van der Waals surface area contributed by atoms with Crippen LogP contribution >= 0.6 is 11.3 Å². The summed E-state index contributed by atoms with van der Waals surface area (Å²) in [6, 6.07) is 6.39. The van der Waals surface area contributed by atoms with E-state index in [4.69, 9.17) is 4.74 Å². The Balaban J connectivity index is 1.47. The minimum absolute atomic E-state index is 0.128. The predicted molar refractivity (Wildman–Crippen MR) is 101 cm³/mol. The summed E-state index contributed by atoms with van der Waals surface area (Å²) >= 11 is 1.32. The predicted octanol–water partition coefficient (Wildman–Crippen LogP) is 2.03. The number of nitrogens with zero attached hydrogens (tertiary/aromatic N) is 2. The van der Waals surface area contributed by atoms with Gasteiger partial charge < -0.3 is 15.4 Å². The van der Waals surface area contributed by atoms with Gasteiger partial charge in [-0.3, -0.25) is 14.5 Å². The highest BCUT2D eigenvalue weighted by atomic mass is 32.1. The summed E-state index contributed by atoms with van der Waals surface area (Å²) in [5.74, 6) is 0.226. The summed E-state index contributed by atoms with van der Waals surface area (Å²) < 4.78 is 5.11. The summed E-state index contributed by atoms with van der Waals surface area (Å²) in [5.41, 5.74) is 1.00. The number of aromatic nitrogens is 1. The molecule has 1 aliphatic heterocycles. The smallest absolute Gasteiger partial charge is 0.324 e. The summed E-state index contributed by atoms with van der Waals surface area (Å²) in [4.78, 5) is 41.6. The van der Waals surface area contributed by atoms with Crippen LogP contribution in [0.15, 0.2) is 35.8 Å². The zero-order chi connectivity index (χ0) is 19.2. The Labute approximate surface area is 160 Å². The normalized spacial score (nSPS) is 16.3. The molecule has 0 radical (unpaired) electrons. The van der Waals surface area contributed by atoms with Crippen LogP contribution in [0, 0.1) is 0 Å². The molecule has 2 N–H and O–H groups in total. The van der Waals surface area contributed by atoms with E-state index in [0.29, 0.717) is 18.1 Å². The second-order valence-corrected chi connectivity index (χ2v) is 6.91. The van der Waals surface area contributed by atoms with Crippen molar-refractivity contribution in [2.45, 2.75) is 25.3 Å². The highest BCUT2D eigenvalue weighted by Gasteiger charge is 2.37. The van der Waals surface area contributed by atoms with Gasteiger partial charge in [0.2, 0.25) is 5.91 Å². The van der Waals surface area contributed by atoms with Crippen LogP contribution in [0.1, 0.15) is 18.4 Å². The third-order valence-corrected chi connectivity index (χ3v) is 4.92. The van der Waals surface area contributed by atoms with Gasteiger partial charge >= 0.3 is 6.03 Å². The lowest BCUT2D eigenvalue weighted by molar-refractivity contribution is -0.127. The van der Waals surface area contributed by atoms with E-state index in [2.05, 4.69) is 15.6 Å². The minimum atomic E-state index is -0.671. The molecule has 1 atom stereocenters. The molecule has 3 rings (SSSR count). The van der Waals surface area contributed by atoms with E-state index in [0.717, 1.165) is 11.3 Å². The Hall–Kier alpha value is -2.94. The standard InChI is InChI=1S/C18H20N4O4S/c1-26-13-4-2-12(3-5-13)8-10-22-16(24)14(20-18(22)25)6-7-15(23)21-17-19-9-11-27-17/h2-5,9,11,14H,6-8,10H2,1H3,(H,20,25)(H,19,21,23)/t14-/m0/s1. The van der Waals surface area contributed by atoms with Gasteiger partial charge in [-0.2, -0.15) is 0 Å². The van der Waals surface area contributed by atoms with Crippen molar-refractivity contribution < 1.29 is 19.1 Å². The average Bonchev–Trinajstić information content (AvgIpc) is 3.27. The van der Waals surface area contributed by atoms with Gasteiger partial charge in [-0.15, -0.1) is 11.3 Å². The number of hydrogen-bond donors (Lipinski definition) is 2. The van der Waals surface area contributed by atoms with Crippen LogP contribution in [-0.2, 0) is 16.0 Å². The Morgan fingerprint density at radius 1 is 1.33 bits per heavy atom. The number of imide groups is 1. The Morgan fingerprint density at radius 3 is 2.78 bits per heavy atom. The number of anilines is 1. The number of ether oxygens (including phenoxy) is 1. The fourth-order valence-corrected chi connectivity index (χ4v) is 3.30.